The first-order valence-corrected chi connectivity index (χ1v) is 8.62. The van der Waals surface area contributed by atoms with Gasteiger partial charge in [-0.1, -0.05) is 25.4 Å². The van der Waals surface area contributed by atoms with E-state index >= 15 is 0 Å². The van der Waals surface area contributed by atoms with Crippen LogP contribution in [-0.2, 0) is 10.8 Å². The van der Waals surface area contributed by atoms with E-state index in [1.54, 1.807) is 4.90 Å². The van der Waals surface area contributed by atoms with Gasteiger partial charge < -0.3 is 4.90 Å². The Balaban J connectivity index is 2.28. The zero-order chi connectivity index (χ0) is 15.8. The highest BCUT2D eigenvalue weighted by Gasteiger charge is 2.36. The van der Waals surface area contributed by atoms with E-state index in [1.165, 1.54) is 6.20 Å². The monoisotopic (exact) mass is 329 g/mol. The van der Waals surface area contributed by atoms with Gasteiger partial charge >= 0.3 is 0 Å². The molecule has 0 spiro atoms. The van der Waals surface area contributed by atoms with E-state index in [2.05, 4.69) is 9.97 Å². The predicted octanol–water partition coefficient (Wildman–Crippen LogP) is 2.24. The van der Waals surface area contributed by atoms with Gasteiger partial charge in [0.25, 0.3) is 5.91 Å². The molecule has 1 aromatic heterocycles. The lowest BCUT2D eigenvalue weighted by Gasteiger charge is -2.37. The number of nitrogens with zero attached hydrogens (tertiary/aromatic N) is 3. The molecule has 1 aliphatic rings. The lowest BCUT2D eigenvalue weighted by atomic mass is 10.1. The molecule has 1 fully saturated rings. The largest absolute Gasteiger partial charge is 0.335 e. The lowest BCUT2D eigenvalue weighted by Crippen LogP contribution is -2.52. The summed E-state index contributed by atoms with van der Waals surface area (Å²) in [7, 11) is -0.921. The summed E-state index contributed by atoms with van der Waals surface area (Å²) < 4.78 is 11.5. The molecule has 0 bridgehead atoms. The van der Waals surface area contributed by atoms with Gasteiger partial charge in [-0.05, 0) is 13.8 Å². The zero-order valence-corrected chi connectivity index (χ0v) is 14.3. The van der Waals surface area contributed by atoms with Crippen molar-refractivity contribution in [2.75, 3.05) is 18.8 Å². The lowest BCUT2D eigenvalue weighted by molar-refractivity contribution is 0.0739. The Morgan fingerprint density at radius 3 is 2.71 bits per heavy atom. The first kappa shape index (κ1) is 16.4. The van der Waals surface area contributed by atoms with Crippen LogP contribution in [0.1, 0.15) is 49.9 Å². The quantitative estimate of drug-likeness (QED) is 0.834. The molecule has 7 heteroatoms. The maximum absolute atomic E-state index is 12.6. The number of carbonyl (C=O) groups is 1. The highest BCUT2D eigenvalue weighted by atomic mass is 35.5. The van der Waals surface area contributed by atoms with E-state index in [0.29, 0.717) is 24.7 Å². The van der Waals surface area contributed by atoms with E-state index in [0.717, 1.165) is 0 Å². The summed E-state index contributed by atoms with van der Waals surface area (Å²) in [5.41, 5.74) is 0.235. The van der Waals surface area contributed by atoms with Crippen LogP contribution in [0.25, 0.3) is 0 Å². The normalized spacial score (nSPS) is 21.6. The van der Waals surface area contributed by atoms with Crippen molar-refractivity contribution in [1.82, 2.24) is 14.9 Å². The molecule has 1 saturated heterocycles. The average molecular weight is 330 g/mol. The number of amides is 1. The van der Waals surface area contributed by atoms with Gasteiger partial charge in [-0.3, -0.25) is 9.00 Å². The molecular formula is C14H20ClN3O2S. The fraction of sp³-hybridized carbons (Fsp3) is 0.643. The van der Waals surface area contributed by atoms with Crippen LogP contribution in [0.5, 0.6) is 0 Å². The molecule has 2 heterocycles. The van der Waals surface area contributed by atoms with Crippen LogP contribution >= 0.6 is 11.6 Å². The second-order valence-electron chi connectivity index (χ2n) is 6.12. The Morgan fingerprint density at radius 1 is 1.48 bits per heavy atom. The van der Waals surface area contributed by atoms with Crippen LogP contribution in [0.2, 0.25) is 5.02 Å². The molecule has 116 valence electrons. The molecule has 0 saturated carbocycles. The van der Waals surface area contributed by atoms with Gasteiger partial charge in [-0.2, -0.15) is 0 Å². The third kappa shape index (κ3) is 3.43. The van der Waals surface area contributed by atoms with Crippen molar-refractivity contribution in [1.29, 1.82) is 0 Å². The minimum Gasteiger partial charge on any atom is -0.335 e. The summed E-state index contributed by atoms with van der Waals surface area (Å²) in [4.78, 5) is 22.8. The van der Waals surface area contributed by atoms with Crippen LogP contribution in [-0.4, -0.2) is 48.6 Å². The minimum atomic E-state index is -0.921. The summed E-state index contributed by atoms with van der Waals surface area (Å²) in [5, 5.41) is 0.258. The first-order valence-electron chi connectivity index (χ1n) is 6.92. The van der Waals surface area contributed by atoms with E-state index in [1.807, 2.05) is 27.7 Å². The Hall–Kier alpha value is -1.01. The molecule has 1 aliphatic heterocycles. The van der Waals surface area contributed by atoms with Crippen LogP contribution in [0.4, 0.5) is 0 Å². The maximum Gasteiger partial charge on any atom is 0.274 e. The molecule has 21 heavy (non-hydrogen) atoms. The molecule has 1 unspecified atom stereocenters. The average Bonchev–Trinajstić information content (AvgIpc) is 2.41. The second kappa shape index (κ2) is 6.01. The van der Waals surface area contributed by atoms with Crippen molar-refractivity contribution >= 4 is 28.3 Å². The first-order chi connectivity index (χ1) is 9.72. The van der Waals surface area contributed by atoms with Crippen molar-refractivity contribution in [3.05, 3.63) is 22.7 Å². The summed E-state index contributed by atoms with van der Waals surface area (Å²) in [5.74, 6) is 0.995. The molecule has 1 atom stereocenters. The SMILES string of the molecule is CC(C)c1ncc(Cl)c(C(=O)N2CCS(=O)C(C)(C)C2)n1. The van der Waals surface area contributed by atoms with E-state index < -0.39 is 15.5 Å². The summed E-state index contributed by atoms with van der Waals surface area (Å²) in [6.07, 6.45) is 1.48. The van der Waals surface area contributed by atoms with Gasteiger partial charge in [0, 0.05) is 35.6 Å². The molecule has 0 aliphatic carbocycles. The highest BCUT2D eigenvalue weighted by Crippen LogP contribution is 2.24. The molecular weight excluding hydrogens is 310 g/mol. The number of carbonyl (C=O) groups excluding carboxylic acids is 1. The zero-order valence-electron chi connectivity index (χ0n) is 12.7. The smallest absolute Gasteiger partial charge is 0.274 e. The summed E-state index contributed by atoms with van der Waals surface area (Å²) in [6.45, 7) is 8.64. The highest BCUT2D eigenvalue weighted by molar-refractivity contribution is 7.86. The Morgan fingerprint density at radius 2 is 2.14 bits per heavy atom. The third-order valence-electron chi connectivity index (χ3n) is 3.50. The molecule has 1 amide bonds. The van der Waals surface area contributed by atoms with E-state index in [-0.39, 0.29) is 22.5 Å². The number of hydrogen-bond donors (Lipinski definition) is 0. The maximum atomic E-state index is 12.6. The van der Waals surface area contributed by atoms with E-state index in [9.17, 15) is 9.00 Å². The Bertz CT molecular complexity index is 590. The molecule has 2 rings (SSSR count). The number of rotatable bonds is 2. The fourth-order valence-corrected chi connectivity index (χ4v) is 3.62. The van der Waals surface area contributed by atoms with Crippen molar-refractivity contribution < 1.29 is 9.00 Å². The number of halogens is 1. The van der Waals surface area contributed by atoms with Gasteiger partial charge in [-0.25, -0.2) is 9.97 Å². The van der Waals surface area contributed by atoms with Crippen molar-refractivity contribution in [3.63, 3.8) is 0 Å². The molecule has 0 radical (unpaired) electrons. The van der Waals surface area contributed by atoms with Crippen molar-refractivity contribution in [2.24, 2.45) is 0 Å². The Kier molecular flexibility index (Phi) is 4.68. The molecule has 0 N–H and O–H groups in total. The minimum absolute atomic E-state index is 0.124. The van der Waals surface area contributed by atoms with Crippen LogP contribution in [0.15, 0.2) is 6.20 Å². The number of aromatic nitrogens is 2. The topological polar surface area (TPSA) is 63.2 Å². The second-order valence-corrected chi connectivity index (χ2v) is 8.73. The van der Waals surface area contributed by atoms with Crippen molar-refractivity contribution in [2.45, 2.75) is 38.4 Å². The van der Waals surface area contributed by atoms with Gasteiger partial charge in [0.1, 0.15) is 5.82 Å². The van der Waals surface area contributed by atoms with Crippen LogP contribution < -0.4 is 0 Å². The summed E-state index contributed by atoms with van der Waals surface area (Å²) >= 11 is 6.08. The predicted molar refractivity (Wildman–Crippen MR) is 84.1 cm³/mol. The summed E-state index contributed by atoms with van der Waals surface area (Å²) in [6, 6.07) is 0. The van der Waals surface area contributed by atoms with Crippen LogP contribution in [0, 0.1) is 0 Å². The van der Waals surface area contributed by atoms with Crippen LogP contribution in [0.3, 0.4) is 0 Å². The van der Waals surface area contributed by atoms with Gasteiger partial charge in [0.2, 0.25) is 0 Å². The van der Waals surface area contributed by atoms with Gasteiger partial charge in [0.05, 0.1) is 16.0 Å². The third-order valence-corrected chi connectivity index (χ3v) is 5.70. The molecule has 5 nitrogen and oxygen atoms in total. The van der Waals surface area contributed by atoms with Crippen molar-refractivity contribution in [3.8, 4) is 0 Å². The van der Waals surface area contributed by atoms with Gasteiger partial charge in [-0.15, -0.1) is 0 Å². The molecule has 1 aromatic rings. The molecule has 0 aromatic carbocycles. The van der Waals surface area contributed by atoms with E-state index in [4.69, 9.17) is 11.6 Å². The standard InChI is InChI=1S/C14H20ClN3O2S/c1-9(2)12-16-7-10(15)11(17-12)13(19)18-5-6-21(20)14(3,4)8-18/h7,9H,5-6,8H2,1-4H3. The Labute approximate surface area is 132 Å². The fourth-order valence-electron chi connectivity index (χ4n) is 2.21. The number of hydrogen-bond acceptors (Lipinski definition) is 4. The van der Waals surface area contributed by atoms with Gasteiger partial charge in [0.15, 0.2) is 5.69 Å².